The summed E-state index contributed by atoms with van der Waals surface area (Å²) in [6, 6.07) is 9.94. The lowest BCUT2D eigenvalue weighted by Crippen LogP contribution is -2.14. The lowest BCUT2D eigenvalue weighted by molar-refractivity contribution is 0.0467. The summed E-state index contributed by atoms with van der Waals surface area (Å²) in [6.45, 7) is 1.59. The van der Waals surface area contributed by atoms with Crippen molar-refractivity contribution < 1.29 is 22.3 Å². The first kappa shape index (κ1) is 19.2. The van der Waals surface area contributed by atoms with Gasteiger partial charge >= 0.3 is 5.97 Å². The number of thiazole rings is 1. The molecular weight excluding hydrogens is 391 g/mol. The van der Waals surface area contributed by atoms with Crippen LogP contribution in [-0.2, 0) is 21.4 Å². The number of carbonyl (C=O) groups is 1. The number of hydrogen-bond acceptors (Lipinski definition) is 6. The van der Waals surface area contributed by atoms with Crippen LogP contribution in [0, 0.1) is 12.7 Å². The number of nitrogens with zero attached hydrogens (tertiary/aromatic N) is 1. The molecule has 27 heavy (non-hydrogen) atoms. The van der Waals surface area contributed by atoms with Crippen LogP contribution in [-0.4, -0.2) is 19.4 Å². The average molecular weight is 406 g/mol. The second kappa shape index (κ2) is 7.55. The lowest BCUT2D eigenvalue weighted by Gasteiger charge is -2.08. The Morgan fingerprint density at radius 2 is 1.93 bits per heavy atom. The number of ether oxygens (including phenoxy) is 1. The van der Waals surface area contributed by atoms with Gasteiger partial charge in [-0.3, -0.25) is 0 Å². The fraction of sp³-hybridized carbons (Fsp3) is 0.111. The van der Waals surface area contributed by atoms with Gasteiger partial charge in [0.1, 0.15) is 17.4 Å². The number of nitrogens with two attached hydrogens (primary N) is 1. The molecule has 1 aromatic heterocycles. The van der Waals surface area contributed by atoms with Crippen LogP contribution in [0.5, 0.6) is 0 Å². The van der Waals surface area contributed by atoms with Gasteiger partial charge in [0.2, 0.25) is 10.0 Å². The van der Waals surface area contributed by atoms with Gasteiger partial charge in [-0.2, -0.15) is 0 Å². The van der Waals surface area contributed by atoms with E-state index in [-0.39, 0.29) is 22.9 Å². The van der Waals surface area contributed by atoms with Gasteiger partial charge in [0, 0.05) is 10.9 Å². The maximum absolute atomic E-state index is 13.0. The molecule has 0 atom stereocenters. The molecule has 0 bridgehead atoms. The van der Waals surface area contributed by atoms with Crippen LogP contribution in [0.3, 0.4) is 0 Å². The molecule has 3 aromatic rings. The molecule has 0 aliphatic heterocycles. The van der Waals surface area contributed by atoms with E-state index in [4.69, 9.17) is 9.88 Å². The van der Waals surface area contributed by atoms with Crippen molar-refractivity contribution in [1.82, 2.24) is 4.98 Å². The molecule has 3 rings (SSSR count). The third-order valence-corrected chi connectivity index (χ3v) is 5.60. The number of aromatic nitrogens is 1. The number of aryl methyl sites for hydroxylation is 1. The van der Waals surface area contributed by atoms with Crippen LogP contribution in [0.2, 0.25) is 0 Å². The Labute approximate surface area is 159 Å². The molecule has 0 radical (unpaired) electrons. The van der Waals surface area contributed by atoms with Crippen LogP contribution >= 0.6 is 11.3 Å². The number of benzene rings is 2. The highest BCUT2D eigenvalue weighted by molar-refractivity contribution is 7.89. The summed E-state index contributed by atoms with van der Waals surface area (Å²) in [6.07, 6.45) is 0. The molecule has 0 aliphatic rings. The molecule has 0 saturated carbocycles. The quantitative estimate of drug-likeness (QED) is 0.656. The Kier molecular flexibility index (Phi) is 5.36. The standard InChI is InChI=1S/C18H15FN2O4S2/c1-11-2-7-15(27(20,23)24)8-16(11)18(22)25-9-14-10-26-17(21-14)12-3-5-13(19)6-4-12/h2-8,10H,9H2,1H3,(H2,20,23,24). The minimum Gasteiger partial charge on any atom is -0.456 e. The zero-order chi connectivity index (χ0) is 19.6. The molecule has 2 aromatic carbocycles. The van der Waals surface area contributed by atoms with E-state index in [1.807, 2.05) is 0 Å². The van der Waals surface area contributed by atoms with Crippen molar-refractivity contribution in [2.45, 2.75) is 18.4 Å². The third-order valence-electron chi connectivity index (χ3n) is 3.75. The van der Waals surface area contributed by atoms with Gasteiger partial charge in [-0.25, -0.2) is 27.7 Å². The Bertz CT molecular complexity index is 1090. The van der Waals surface area contributed by atoms with Crippen molar-refractivity contribution in [2.75, 3.05) is 0 Å². The van der Waals surface area contributed by atoms with Crippen LogP contribution in [0.15, 0.2) is 52.7 Å². The molecule has 0 spiro atoms. The van der Waals surface area contributed by atoms with Crippen LogP contribution in [0.1, 0.15) is 21.6 Å². The molecular formula is C18H15FN2O4S2. The number of sulfonamides is 1. The predicted octanol–water partition coefficient (Wildman–Crippen LogP) is 3.26. The Balaban J connectivity index is 1.72. The zero-order valence-corrected chi connectivity index (χ0v) is 15.8. The number of halogens is 1. The zero-order valence-electron chi connectivity index (χ0n) is 14.2. The summed E-state index contributed by atoms with van der Waals surface area (Å²) < 4.78 is 41.1. The largest absolute Gasteiger partial charge is 0.456 e. The van der Waals surface area contributed by atoms with Gasteiger partial charge in [-0.1, -0.05) is 6.07 Å². The number of esters is 1. The maximum Gasteiger partial charge on any atom is 0.338 e. The van der Waals surface area contributed by atoms with Crippen molar-refractivity contribution in [2.24, 2.45) is 5.14 Å². The highest BCUT2D eigenvalue weighted by Crippen LogP contribution is 2.24. The Hall–Kier alpha value is -2.62. The molecule has 2 N–H and O–H groups in total. The van der Waals surface area contributed by atoms with Crippen LogP contribution < -0.4 is 5.14 Å². The summed E-state index contributed by atoms with van der Waals surface area (Å²) in [5, 5.41) is 7.51. The molecule has 0 fully saturated rings. The third kappa shape index (κ3) is 4.57. The first-order valence-electron chi connectivity index (χ1n) is 7.75. The van der Waals surface area contributed by atoms with Gasteiger partial charge in [0.15, 0.2) is 0 Å². The van der Waals surface area contributed by atoms with Gasteiger partial charge < -0.3 is 4.74 Å². The predicted molar refractivity (Wildman–Crippen MR) is 99.2 cm³/mol. The van der Waals surface area contributed by atoms with E-state index in [1.54, 1.807) is 24.4 Å². The SMILES string of the molecule is Cc1ccc(S(N)(=O)=O)cc1C(=O)OCc1csc(-c2ccc(F)cc2)n1. The smallest absolute Gasteiger partial charge is 0.338 e. The van der Waals surface area contributed by atoms with Gasteiger partial charge in [-0.05, 0) is 48.9 Å². The molecule has 0 saturated heterocycles. The number of hydrogen-bond donors (Lipinski definition) is 1. The molecule has 140 valence electrons. The normalized spacial score (nSPS) is 11.4. The molecule has 6 nitrogen and oxygen atoms in total. The van der Waals surface area contributed by atoms with Crippen molar-refractivity contribution in [1.29, 1.82) is 0 Å². The number of rotatable bonds is 5. The highest BCUT2D eigenvalue weighted by atomic mass is 32.2. The van der Waals surface area contributed by atoms with Crippen molar-refractivity contribution in [3.63, 3.8) is 0 Å². The molecule has 9 heteroatoms. The van der Waals surface area contributed by atoms with E-state index < -0.39 is 16.0 Å². The van der Waals surface area contributed by atoms with E-state index >= 15 is 0 Å². The monoisotopic (exact) mass is 406 g/mol. The van der Waals surface area contributed by atoms with Crippen LogP contribution in [0.25, 0.3) is 10.6 Å². The number of primary sulfonamides is 1. The second-order valence-corrected chi connectivity index (χ2v) is 8.17. The first-order chi connectivity index (χ1) is 12.7. The average Bonchev–Trinajstić information content (AvgIpc) is 3.08. The fourth-order valence-electron chi connectivity index (χ4n) is 2.31. The van der Waals surface area contributed by atoms with E-state index in [2.05, 4.69) is 4.98 Å². The van der Waals surface area contributed by atoms with E-state index in [0.717, 1.165) is 5.56 Å². The van der Waals surface area contributed by atoms with Crippen molar-refractivity contribution in [3.05, 3.63) is 70.5 Å². The fourth-order valence-corrected chi connectivity index (χ4v) is 3.66. The summed E-state index contributed by atoms with van der Waals surface area (Å²) in [4.78, 5) is 16.5. The molecule has 0 aliphatic carbocycles. The first-order valence-corrected chi connectivity index (χ1v) is 10.2. The number of carbonyl (C=O) groups excluding carboxylic acids is 1. The van der Waals surface area contributed by atoms with Gasteiger partial charge in [-0.15, -0.1) is 11.3 Å². The molecule has 0 unspecified atom stereocenters. The minimum atomic E-state index is -3.92. The van der Waals surface area contributed by atoms with E-state index in [9.17, 15) is 17.6 Å². The summed E-state index contributed by atoms with van der Waals surface area (Å²) in [7, 11) is -3.92. The molecule has 0 amide bonds. The van der Waals surface area contributed by atoms with Gasteiger partial charge in [0.25, 0.3) is 0 Å². The van der Waals surface area contributed by atoms with Crippen molar-refractivity contribution >= 4 is 27.3 Å². The second-order valence-electron chi connectivity index (χ2n) is 5.75. The van der Waals surface area contributed by atoms with Crippen LogP contribution in [0.4, 0.5) is 4.39 Å². The van der Waals surface area contributed by atoms with Gasteiger partial charge in [0.05, 0.1) is 16.2 Å². The van der Waals surface area contributed by atoms with Crippen molar-refractivity contribution in [3.8, 4) is 10.6 Å². The Morgan fingerprint density at radius 1 is 1.22 bits per heavy atom. The molecule has 1 heterocycles. The summed E-state index contributed by atoms with van der Waals surface area (Å²) in [5.74, 6) is -1.00. The summed E-state index contributed by atoms with van der Waals surface area (Å²) in [5.41, 5.74) is 1.98. The topological polar surface area (TPSA) is 99.4 Å². The Morgan fingerprint density at radius 3 is 2.59 bits per heavy atom. The highest BCUT2D eigenvalue weighted by Gasteiger charge is 2.16. The van der Waals surface area contributed by atoms with E-state index in [1.165, 1.54) is 41.7 Å². The summed E-state index contributed by atoms with van der Waals surface area (Å²) >= 11 is 1.34. The maximum atomic E-state index is 13.0. The lowest BCUT2D eigenvalue weighted by atomic mass is 10.1. The van der Waals surface area contributed by atoms with E-state index in [0.29, 0.717) is 16.3 Å². The minimum absolute atomic E-state index is 0.0738.